The van der Waals surface area contributed by atoms with Crippen LogP contribution in [0.5, 0.6) is 0 Å². The van der Waals surface area contributed by atoms with Gasteiger partial charge in [-0.05, 0) is 53.4 Å². The zero-order chi connectivity index (χ0) is 21.5. The van der Waals surface area contributed by atoms with Crippen LogP contribution in [-0.4, -0.2) is 33.8 Å². The van der Waals surface area contributed by atoms with Crippen molar-refractivity contribution in [3.05, 3.63) is 11.6 Å². The molecule has 166 valence electrons. The highest BCUT2D eigenvalue weighted by Gasteiger charge is 2.45. The maximum Gasteiger partial charge on any atom is 0.257 e. The Morgan fingerprint density at radius 1 is 0.862 bits per heavy atom. The van der Waals surface area contributed by atoms with E-state index in [4.69, 9.17) is 0 Å². The van der Waals surface area contributed by atoms with Crippen molar-refractivity contribution >= 4 is 11.8 Å². The van der Waals surface area contributed by atoms with Crippen molar-refractivity contribution in [2.24, 2.45) is 0 Å². The summed E-state index contributed by atoms with van der Waals surface area (Å²) < 4.78 is 0. The summed E-state index contributed by atoms with van der Waals surface area (Å²) in [6, 6.07) is -0.0114. The molecule has 0 aliphatic carbocycles. The molecule has 1 saturated heterocycles. The van der Waals surface area contributed by atoms with E-state index in [1.54, 1.807) is 11.0 Å². The normalized spacial score (nSPS) is 21.7. The lowest BCUT2D eigenvalue weighted by Gasteiger charge is -2.48. The van der Waals surface area contributed by atoms with Gasteiger partial charge in [-0.25, -0.2) is 0 Å². The molecule has 0 radical (unpaired) electrons. The van der Waals surface area contributed by atoms with Crippen molar-refractivity contribution in [1.29, 1.82) is 0 Å². The number of nitrogens with one attached hydrogen (secondary N) is 1. The molecule has 0 spiro atoms. The Hall–Kier alpha value is -1.16. The first-order valence-corrected chi connectivity index (χ1v) is 12.0. The van der Waals surface area contributed by atoms with Gasteiger partial charge in [-0.2, -0.15) is 0 Å². The van der Waals surface area contributed by atoms with Crippen LogP contribution >= 0.6 is 0 Å². The highest BCUT2D eigenvalue weighted by Crippen LogP contribution is 2.34. The van der Waals surface area contributed by atoms with E-state index in [0.717, 1.165) is 37.7 Å². The smallest absolute Gasteiger partial charge is 0.257 e. The third-order valence-electron chi connectivity index (χ3n) is 6.36. The Bertz CT molecular complexity index is 576. The fraction of sp³-hybridized carbons (Fsp3) is 0.840. The predicted molar refractivity (Wildman–Crippen MR) is 121 cm³/mol. The highest BCUT2D eigenvalue weighted by molar-refractivity contribution is 6.16. The maximum atomic E-state index is 12.9. The summed E-state index contributed by atoms with van der Waals surface area (Å²) in [5, 5.41) is 3.63. The SMILES string of the molecule is CCCCCCCCCCCCC1=CC(=O)N(C2CC(C)(C)NC(C)(C)C2)C1=O. The predicted octanol–water partition coefficient (Wildman–Crippen LogP) is 5.90. The van der Waals surface area contributed by atoms with E-state index < -0.39 is 0 Å². The molecule has 4 heteroatoms. The minimum Gasteiger partial charge on any atom is -0.307 e. The molecule has 2 amide bonds. The third-order valence-corrected chi connectivity index (χ3v) is 6.36. The van der Waals surface area contributed by atoms with E-state index in [9.17, 15) is 9.59 Å². The summed E-state index contributed by atoms with van der Waals surface area (Å²) in [4.78, 5) is 27.1. The monoisotopic (exact) mass is 404 g/mol. The van der Waals surface area contributed by atoms with Gasteiger partial charge in [0.25, 0.3) is 11.8 Å². The number of hydrogen-bond donors (Lipinski definition) is 1. The van der Waals surface area contributed by atoms with Crippen LogP contribution in [0.3, 0.4) is 0 Å². The molecule has 0 aromatic heterocycles. The lowest BCUT2D eigenvalue weighted by atomic mass is 9.79. The fourth-order valence-corrected chi connectivity index (χ4v) is 5.31. The first kappa shape index (κ1) is 24.1. The van der Waals surface area contributed by atoms with Crippen LogP contribution in [0, 0.1) is 0 Å². The number of unbranched alkanes of at least 4 members (excludes halogenated alkanes) is 9. The summed E-state index contributed by atoms with van der Waals surface area (Å²) in [6.45, 7) is 10.9. The van der Waals surface area contributed by atoms with Crippen LogP contribution in [0.2, 0.25) is 0 Å². The molecule has 1 fully saturated rings. The van der Waals surface area contributed by atoms with Crippen LogP contribution in [-0.2, 0) is 9.59 Å². The zero-order valence-electron chi connectivity index (χ0n) is 19.6. The first-order chi connectivity index (χ1) is 13.7. The van der Waals surface area contributed by atoms with Gasteiger partial charge in [-0.1, -0.05) is 64.7 Å². The molecule has 0 aromatic rings. The molecule has 2 rings (SSSR count). The van der Waals surface area contributed by atoms with Crippen LogP contribution in [0.15, 0.2) is 11.6 Å². The van der Waals surface area contributed by atoms with Gasteiger partial charge in [0.15, 0.2) is 0 Å². The van der Waals surface area contributed by atoms with Crippen molar-refractivity contribution in [2.45, 2.75) is 135 Å². The lowest BCUT2D eigenvalue weighted by Crippen LogP contribution is -2.63. The number of carbonyl (C=O) groups excluding carboxylic acids is 2. The van der Waals surface area contributed by atoms with Crippen LogP contribution < -0.4 is 5.32 Å². The van der Waals surface area contributed by atoms with Gasteiger partial charge in [0.05, 0.1) is 0 Å². The Balaban J connectivity index is 1.71. The minimum absolute atomic E-state index is 0.0114. The molecule has 4 nitrogen and oxygen atoms in total. The molecular formula is C25H44N2O2. The summed E-state index contributed by atoms with van der Waals surface area (Å²) in [5.41, 5.74) is 0.571. The Morgan fingerprint density at radius 2 is 1.34 bits per heavy atom. The average Bonchev–Trinajstić information content (AvgIpc) is 2.87. The van der Waals surface area contributed by atoms with E-state index in [1.807, 2.05) is 0 Å². The first-order valence-electron chi connectivity index (χ1n) is 12.0. The van der Waals surface area contributed by atoms with E-state index in [-0.39, 0.29) is 28.9 Å². The van der Waals surface area contributed by atoms with Crippen molar-refractivity contribution in [3.8, 4) is 0 Å². The number of nitrogens with zero attached hydrogens (tertiary/aromatic N) is 1. The summed E-state index contributed by atoms with van der Waals surface area (Å²) in [6.07, 6.45) is 16.8. The number of piperidine rings is 1. The van der Waals surface area contributed by atoms with E-state index in [2.05, 4.69) is 39.9 Å². The van der Waals surface area contributed by atoms with Crippen molar-refractivity contribution in [1.82, 2.24) is 10.2 Å². The second kappa shape index (κ2) is 10.7. The zero-order valence-corrected chi connectivity index (χ0v) is 19.6. The molecule has 1 N–H and O–H groups in total. The molecule has 29 heavy (non-hydrogen) atoms. The average molecular weight is 405 g/mol. The van der Waals surface area contributed by atoms with E-state index in [1.165, 1.54) is 51.4 Å². The standard InChI is InChI=1S/C25H44N2O2/c1-6-7-8-9-10-11-12-13-14-15-16-20-17-22(28)27(23(20)29)21-18-24(2,3)26-25(4,5)19-21/h17,21,26H,6-16,18-19H2,1-5H3. The molecule has 0 atom stereocenters. The van der Waals surface area contributed by atoms with Gasteiger partial charge in [0.1, 0.15) is 0 Å². The van der Waals surface area contributed by atoms with Crippen molar-refractivity contribution in [2.75, 3.05) is 0 Å². The Morgan fingerprint density at radius 3 is 1.86 bits per heavy atom. The van der Waals surface area contributed by atoms with Crippen LogP contribution in [0.4, 0.5) is 0 Å². The summed E-state index contributed by atoms with van der Waals surface area (Å²) in [5.74, 6) is -0.139. The molecular weight excluding hydrogens is 360 g/mol. The molecule has 0 saturated carbocycles. The van der Waals surface area contributed by atoms with Crippen LogP contribution in [0.25, 0.3) is 0 Å². The number of hydrogen-bond acceptors (Lipinski definition) is 3. The molecule has 2 aliphatic heterocycles. The van der Waals surface area contributed by atoms with Gasteiger partial charge in [0.2, 0.25) is 0 Å². The largest absolute Gasteiger partial charge is 0.307 e. The minimum atomic E-state index is -0.101. The summed E-state index contributed by atoms with van der Waals surface area (Å²) >= 11 is 0. The second-order valence-electron chi connectivity index (χ2n) is 10.6. The van der Waals surface area contributed by atoms with Gasteiger partial charge in [-0.3, -0.25) is 14.5 Å². The number of imide groups is 1. The second-order valence-corrected chi connectivity index (χ2v) is 10.6. The van der Waals surface area contributed by atoms with E-state index in [0.29, 0.717) is 0 Å². The topological polar surface area (TPSA) is 49.4 Å². The molecule has 0 bridgehead atoms. The van der Waals surface area contributed by atoms with Gasteiger partial charge < -0.3 is 5.32 Å². The molecule has 2 aliphatic rings. The van der Waals surface area contributed by atoms with Crippen molar-refractivity contribution < 1.29 is 9.59 Å². The van der Waals surface area contributed by atoms with Crippen LogP contribution in [0.1, 0.15) is 118 Å². The number of carbonyl (C=O) groups is 2. The Kier molecular flexibility index (Phi) is 8.93. The summed E-state index contributed by atoms with van der Waals surface area (Å²) in [7, 11) is 0. The highest BCUT2D eigenvalue weighted by atomic mass is 16.2. The van der Waals surface area contributed by atoms with Gasteiger partial charge >= 0.3 is 0 Å². The third kappa shape index (κ3) is 7.55. The van der Waals surface area contributed by atoms with Gasteiger partial charge in [-0.15, -0.1) is 0 Å². The lowest BCUT2D eigenvalue weighted by molar-refractivity contribution is -0.141. The molecule has 0 unspecified atom stereocenters. The Labute approximate surface area is 178 Å². The maximum absolute atomic E-state index is 12.9. The quantitative estimate of drug-likeness (QED) is 0.325. The van der Waals surface area contributed by atoms with Crippen molar-refractivity contribution in [3.63, 3.8) is 0 Å². The van der Waals surface area contributed by atoms with E-state index >= 15 is 0 Å². The number of rotatable bonds is 12. The fourth-order valence-electron chi connectivity index (χ4n) is 5.31. The molecule has 2 heterocycles. The molecule has 0 aromatic carbocycles. The van der Waals surface area contributed by atoms with Gasteiger partial charge in [0, 0.05) is 28.8 Å². The number of amides is 2.